The normalized spacial score (nSPS) is 23.2. The second-order valence-corrected chi connectivity index (χ2v) is 7.77. The van der Waals surface area contributed by atoms with Gasteiger partial charge in [-0.3, -0.25) is 14.7 Å². The number of carbonyl (C=O) groups excluding carboxylic acids is 1. The molecule has 7 heteroatoms. The molecule has 1 heterocycles. The van der Waals surface area contributed by atoms with Crippen molar-refractivity contribution in [2.45, 2.75) is 57.9 Å². The van der Waals surface area contributed by atoms with Gasteiger partial charge in [-0.15, -0.1) is 24.0 Å². The topological polar surface area (TPSA) is 60.0 Å². The van der Waals surface area contributed by atoms with Crippen LogP contribution in [0.1, 0.15) is 51.9 Å². The maximum Gasteiger partial charge on any atom is 0.230 e. The van der Waals surface area contributed by atoms with Crippen LogP contribution in [0.4, 0.5) is 0 Å². The summed E-state index contributed by atoms with van der Waals surface area (Å²) in [6, 6.07) is 0.584. The number of likely N-dealkylation sites (tertiary alicyclic amines) is 1. The van der Waals surface area contributed by atoms with Gasteiger partial charge < -0.3 is 15.5 Å². The Balaban J connectivity index is 0.00000338. The summed E-state index contributed by atoms with van der Waals surface area (Å²) in [6.45, 7) is 6.14. The largest absolute Gasteiger partial charge is 0.355 e. The zero-order valence-corrected chi connectivity index (χ0v) is 19.3. The fourth-order valence-electron chi connectivity index (χ4n) is 4.39. The Morgan fingerprint density at radius 1 is 1.19 bits per heavy atom. The van der Waals surface area contributed by atoms with Gasteiger partial charge in [0.15, 0.2) is 5.96 Å². The van der Waals surface area contributed by atoms with Crippen molar-refractivity contribution in [1.82, 2.24) is 20.4 Å². The second kappa shape index (κ2) is 11.3. The molecule has 1 aliphatic carbocycles. The van der Waals surface area contributed by atoms with Crippen LogP contribution in [-0.4, -0.2) is 75.0 Å². The number of likely N-dealkylation sites (N-methyl/N-ethyl adjacent to an activating group) is 1. The number of nitrogens with zero attached hydrogens (tertiary/aromatic N) is 3. The van der Waals surface area contributed by atoms with Crippen molar-refractivity contribution < 1.29 is 4.79 Å². The van der Waals surface area contributed by atoms with Crippen molar-refractivity contribution in [3.63, 3.8) is 0 Å². The summed E-state index contributed by atoms with van der Waals surface area (Å²) in [7, 11) is 5.53. The van der Waals surface area contributed by atoms with Gasteiger partial charge in [0.1, 0.15) is 0 Å². The first kappa shape index (κ1) is 23.5. The first-order valence-corrected chi connectivity index (χ1v) is 9.93. The van der Waals surface area contributed by atoms with Gasteiger partial charge in [0.25, 0.3) is 0 Å². The number of halogens is 1. The van der Waals surface area contributed by atoms with Gasteiger partial charge in [-0.2, -0.15) is 0 Å². The third-order valence-electron chi connectivity index (χ3n) is 5.90. The molecule has 1 saturated carbocycles. The van der Waals surface area contributed by atoms with Gasteiger partial charge in [0, 0.05) is 40.3 Å². The van der Waals surface area contributed by atoms with Crippen LogP contribution in [0.5, 0.6) is 0 Å². The molecule has 1 saturated heterocycles. The third-order valence-corrected chi connectivity index (χ3v) is 5.90. The van der Waals surface area contributed by atoms with Crippen molar-refractivity contribution in [3.8, 4) is 0 Å². The number of rotatable bonds is 6. The van der Waals surface area contributed by atoms with E-state index in [1.54, 1.807) is 4.90 Å². The van der Waals surface area contributed by atoms with E-state index >= 15 is 0 Å². The molecule has 152 valence electrons. The molecule has 2 fully saturated rings. The first-order chi connectivity index (χ1) is 12.0. The highest BCUT2D eigenvalue weighted by molar-refractivity contribution is 14.0. The van der Waals surface area contributed by atoms with E-state index in [9.17, 15) is 4.79 Å². The molecule has 0 radical (unpaired) electrons. The van der Waals surface area contributed by atoms with E-state index in [0.717, 1.165) is 44.7 Å². The van der Waals surface area contributed by atoms with Gasteiger partial charge in [0.05, 0.1) is 5.41 Å². The molecule has 1 atom stereocenters. The summed E-state index contributed by atoms with van der Waals surface area (Å²) in [5, 5.41) is 6.92. The van der Waals surface area contributed by atoms with Crippen LogP contribution in [0.15, 0.2) is 4.99 Å². The Morgan fingerprint density at radius 2 is 1.88 bits per heavy atom. The van der Waals surface area contributed by atoms with Crippen LogP contribution in [0, 0.1) is 5.41 Å². The molecule has 6 nitrogen and oxygen atoms in total. The maximum absolute atomic E-state index is 12.7. The van der Waals surface area contributed by atoms with Crippen molar-refractivity contribution in [2.75, 3.05) is 47.3 Å². The molecule has 0 aromatic carbocycles. The van der Waals surface area contributed by atoms with E-state index in [2.05, 4.69) is 27.4 Å². The summed E-state index contributed by atoms with van der Waals surface area (Å²) >= 11 is 0. The summed E-state index contributed by atoms with van der Waals surface area (Å²) in [5.74, 6) is 1.07. The van der Waals surface area contributed by atoms with Gasteiger partial charge in [0.2, 0.25) is 5.91 Å². The van der Waals surface area contributed by atoms with Crippen LogP contribution in [0.2, 0.25) is 0 Å². The van der Waals surface area contributed by atoms with Crippen LogP contribution in [0.25, 0.3) is 0 Å². The van der Waals surface area contributed by atoms with Crippen LogP contribution in [0.3, 0.4) is 0 Å². The minimum absolute atomic E-state index is 0. The quantitative estimate of drug-likeness (QED) is 0.349. The van der Waals surface area contributed by atoms with Crippen molar-refractivity contribution in [2.24, 2.45) is 10.4 Å². The molecule has 2 rings (SSSR count). The average Bonchev–Trinajstić information content (AvgIpc) is 3.11. The van der Waals surface area contributed by atoms with Crippen LogP contribution >= 0.6 is 24.0 Å². The predicted molar refractivity (Wildman–Crippen MR) is 119 cm³/mol. The fraction of sp³-hybridized carbons (Fsp3) is 0.895. The minimum Gasteiger partial charge on any atom is -0.355 e. The summed E-state index contributed by atoms with van der Waals surface area (Å²) in [4.78, 5) is 21.3. The molecule has 1 aliphatic heterocycles. The number of nitrogens with one attached hydrogen (secondary N) is 2. The zero-order valence-electron chi connectivity index (χ0n) is 17.0. The van der Waals surface area contributed by atoms with Crippen molar-refractivity contribution in [3.05, 3.63) is 0 Å². The Hall–Kier alpha value is -0.570. The third kappa shape index (κ3) is 5.97. The molecule has 0 spiro atoms. The lowest BCUT2D eigenvalue weighted by Crippen LogP contribution is -2.52. The molecule has 2 aliphatic rings. The highest BCUT2D eigenvalue weighted by Gasteiger charge is 2.42. The Labute approximate surface area is 176 Å². The average molecular weight is 479 g/mol. The van der Waals surface area contributed by atoms with E-state index in [4.69, 9.17) is 0 Å². The summed E-state index contributed by atoms with van der Waals surface area (Å²) in [5.41, 5.74) is -0.262. The zero-order chi connectivity index (χ0) is 18.3. The molecule has 0 aromatic heterocycles. The van der Waals surface area contributed by atoms with Crippen molar-refractivity contribution in [1.29, 1.82) is 0 Å². The standard InChI is InChI=1S/C19H37N5O.HI/c1-5-24-13-9-6-10-16(24)14-21-18(20-2)22-15-19(11-7-8-12-19)17(25)23(3)4;/h16H,5-15H2,1-4H3,(H2,20,21,22);1H. The molecule has 0 aromatic rings. The van der Waals surface area contributed by atoms with Crippen molar-refractivity contribution >= 4 is 35.8 Å². The van der Waals surface area contributed by atoms with E-state index in [1.165, 1.54) is 25.8 Å². The summed E-state index contributed by atoms with van der Waals surface area (Å²) in [6.07, 6.45) is 8.10. The fourth-order valence-corrected chi connectivity index (χ4v) is 4.39. The highest BCUT2D eigenvalue weighted by atomic mass is 127. The van der Waals surface area contributed by atoms with E-state index < -0.39 is 0 Å². The highest BCUT2D eigenvalue weighted by Crippen LogP contribution is 2.38. The smallest absolute Gasteiger partial charge is 0.230 e. The van der Waals surface area contributed by atoms with Gasteiger partial charge in [-0.1, -0.05) is 26.2 Å². The molecule has 0 bridgehead atoms. The number of aliphatic imine (C=N–C) groups is 1. The SMILES string of the molecule is CCN1CCCCC1CNC(=NC)NCC1(C(=O)N(C)C)CCCC1.I. The number of hydrogen-bond donors (Lipinski definition) is 2. The van der Waals surface area contributed by atoms with Crippen LogP contribution in [-0.2, 0) is 4.79 Å². The van der Waals surface area contributed by atoms with Gasteiger partial charge >= 0.3 is 0 Å². The monoisotopic (exact) mass is 479 g/mol. The predicted octanol–water partition coefficient (Wildman–Crippen LogP) is 2.29. The Kier molecular flexibility index (Phi) is 10.2. The van der Waals surface area contributed by atoms with Crippen LogP contribution < -0.4 is 10.6 Å². The molecule has 26 heavy (non-hydrogen) atoms. The Morgan fingerprint density at radius 3 is 2.46 bits per heavy atom. The summed E-state index contributed by atoms with van der Waals surface area (Å²) < 4.78 is 0. The number of hydrogen-bond acceptors (Lipinski definition) is 3. The van der Waals surface area contributed by atoms with Gasteiger partial charge in [-0.05, 0) is 38.8 Å². The van der Waals surface area contributed by atoms with E-state index in [-0.39, 0.29) is 35.3 Å². The van der Waals surface area contributed by atoms with Gasteiger partial charge in [-0.25, -0.2) is 0 Å². The molecule has 1 amide bonds. The minimum atomic E-state index is -0.262. The first-order valence-electron chi connectivity index (χ1n) is 9.93. The number of guanidine groups is 1. The molecular weight excluding hydrogens is 441 g/mol. The number of carbonyl (C=O) groups is 1. The molecule has 1 unspecified atom stereocenters. The molecule has 2 N–H and O–H groups in total. The number of piperidine rings is 1. The Bertz CT molecular complexity index is 463. The maximum atomic E-state index is 12.7. The lowest BCUT2D eigenvalue weighted by Gasteiger charge is -2.35. The lowest BCUT2D eigenvalue weighted by molar-refractivity contribution is -0.138. The number of amides is 1. The van der Waals surface area contributed by atoms with E-state index in [1.807, 2.05) is 21.1 Å². The molecular formula is C19H38IN5O. The lowest BCUT2D eigenvalue weighted by atomic mass is 9.84. The second-order valence-electron chi connectivity index (χ2n) is 7.77. The van der Waals surface area contributed by atoms with E-state index in [0.29, 0.717) is 12.6 Å².